The van der Waals surface area contributed by atoms with Crippen LogP contribution in [0.25, 0.3) is 0 Å². The number of hydrogen-bond donors (Lipinski definition) is 0. The first-order valence-corrected chi connectivity index (χ1v) is 9.44. The zero-order valence-electron chi connectivity index (χ0n) is 13.7. The molecule has 116 valence electrons. The van der Waals surface area contributed by atoms with E-state index in [2.05, 4.69) is 20.8 Å². The summed E-state index contributed by atoms with van der Waals surface area (Å²) < 4.78 is 17.3. The molecule has 0 aliphatic carbocycles. The Morgan fingerprint density at radius 3 is 1.42 bits per heavy atom. The summed E-state index contributed by atoms with van der Waals surface area (Å²) in [6.07, 6.45) is 7.40. The maximum Gasteiger partial charge on any atom is 0.484 e. The lowest BCUT2D eigenvalue weighted by Crippen LogP contribution is -2.35. The minimum Gasteiger partial charge on any atom is -0.376 e. The molecule has 4 heteroatoms. The normalized spacial score (nSPS) is 12.3. The van der Waals surface area contributed by atoms with Crippen molar-refractivity contribution in [3.8, 4) is 0 Å². The molecule has 0 heterocycles. The maximum absolute atomic E-state index is 6.04. The molecule has 0 N–H and O–H groups in total. The van der Waals surface area contributed by atoms with Gasteiger partial charge in [0.25, 0.3) is 0 Å². The topological polar surface area (TPSA) is 27.7 Å². The minimum absolute atomic E-state index is 0.331. The number of hydrogen-bond acceptors (Lipinski definition) is 3. The Morgan fingerprint density at radius 1 is 0.684 bits per heavy atom. The van der Waals surface area contributed by atoms with Gasteiger partial charge in [-0.2, -0.15) is 0 Å². The molecule has 0 bridgehead atoms. The quantitative estimate of drug-likeness (QED) is 0.476. The molecular weight excluding hydrogens is 256 g/mol. The Labute approximate surface area is 122 Å². The summed E-state index contributed by atoms with van der Waals surface area (Å²) in [5.41, 5.74) is 0.331. The van der Waals surface area contributed by atoms with Crippen LogP contribution < -0.4 is 0 Å². The summed E-state index contributed by atoms with van der Waals surface area (Å²) in [4.78, 5) is 0. The molecule has 0 rings (SSSR count). The zero-order valence-corrected chi connectivity index (χ0v) is 14.8. The smallest absolute Gasteiger partial charge is 0.376 e. The van der Waals surface area contributed by atoms with Gasteiger partial charge in [-0.3, -0.25) is 0 Å². The second-order valence-electron chi connectivity index (χ2n) is 5.26. The van der Waals surface area contributed by atoms with Crippen LogP contribution in [-0.2, 0) is 13.3 Å². The molecular formula is C15H34O3Si. The van der Waals surface area contributed by atoms with Crippen molar-refractivity contribution in [2.24, 2.45) is 5.41 Å². The highest BCUT2D eigenvalue weighted by Gasteiger charge is 2.30. The fourth-order valence-electron chi connectivity index (χ4n) is 2.84. The lowest BCUT2D eigenvalue weighted by atomic mass is 9.76. The molecule has 0 aliphatic heterocycles. The molecule has 0 radical (unpaired) electrons. The molecule has 0 aromatic carbocycles. The molecule has 0 aromatic rings. The SMILES string of the molecule is CCCC(CCC)(CCC)CO[SiH](OCC)OCC. The Kier molecular flexibility index (Phi) is 11.9. The predicted molar refractivity (Wildman–Crippen MR) is 83.5 cm³/mol. The highest BCUT2D eigenvalue weighted by atomic mass is 28.3. The van der Waals surface area contributed by atoms with Crippen molar-refractivity contribution in [2.45, 2.75) is 73.1 Å². The third kappa shape index (κ3) is 8.08. The van der Waals surface area contributed by atoms with Crippen LogP contribution in [0.4, 0.5) is 0 Å². The third-order valence-electron chi connectivity index (χ3n) is 3.47. The molecule has 3 nitrogen and oxygen atoms in total. The van der Waals surface area contributed by atoms with E-state index in [-0.39, 0.29) is 0 Å². The van der Waals surface area contributed by atoms with Crippen LogP contribution in [0, 0.1) is 5.41 Å². The third-order valence-corrected chi connectivity index (χ3v) is 5.12. The van der Waals surface area contributed by atoms with E-state index in [9.17, 15) is 0 Å². The molecule has 0 amide bonds. The molecule has 0 aromatic heterocycles. The fraction of sp³-hybridized carbons (Fsp3) is 1.00. The summed E-state index contributed by atoms with van der Waals surface area (Å²) in [5.74, 6) is 0. The van der Waals surface area contributed by atoms with Crippen LogP contribution in [0.5, 0.6) is 0 Å². The van der Waals surface area contributed by atoms with E-state index in [1.54, 1.807) is 0 Å². The highest BCUT2D eigenvalue weighted by Crippen LogP contribution is 2.35. The molecule has 0 atom stereocenters. The van der Waals surface area contributed by atoms with Gasteiger partial charge in [0.05, 0.1) is 0 Å². The average Bonchev–Trinajstić information content (AvgIpc) is 2.37. The van der Waals surface area contributed by atoms with Gasteiger partial charge in [0.15, 0.2) is 0 Å². The first-order valence-electron chi connectivity index (χ1n) is 8.02. The standard InChI is InChI=1S/C15H34O3Si/c1-6-11-15(12-7-2,13-8-3)14-18-19(16-9-4)17-10-5/h19H,6-14H2,1-5H3. The first-order chi connectivity index (χ1) is 9.17. The highest BCUT2D eigenvalue weighted by molar-refractivity contribution is 6.36. The summed E-state index contributed by atoms with van der Waals surface area (Å²) in [7, 11) is -1.91. The van der Waals surface area contributed by atoms with Crippen molar-refractivity contribution in [3.63, 3.8) is 0 Å². The Morgan fingerprint density at radius 2 is 1.11 bits per heavy atom. The van der Waals surface area contributed by atoms with Gasteiger partial charge < -0.3 is 13.3 Å². The molecule has 19 heavy (non-hydrogen) atoms. The molecule has 0 unspecified atom stereocenters. The van der Waals surface area contributed by atoms with E-state index in [1.807, 2.05) is 13.8 Å². The van der Waals surface area contributed by atoms with Crippen molar-refractivity contribution in [1.82, 2.24) is 0 Å². The second-order valence-corrected chi connectivity index (χ2v) is 6.84. The fourth-order valence-corrected chi connectivity index (χ4v) is 4.17. The molecule has 0 saturated carbocycles. The van der Waals surface area contributed by atoms with Crippen molar-refractivity contribution in [1.29, 1.82) is 0 Å². The summed E-state index contributed by atoms with van der Waals surface area (Å²) in [6, 6.07) is 0. The second kappa shape index (κ2) is 11.9. The molecule has 0 saturated heterocycles. The van der Waals surface area contributed by atoms with Crippen LogP contribution in [-0.4, -0.2) is 29.3 Å². The largest absolute Gasteiger partial charge is 0.484 e. The Hall–Kier alpha value is 0.0969. The average molecular weight is 291 g/mol. The van der Waals surface area contributed by atoms with Crippen LogP contribution in [0.15, 0.2) is 0 Å². The summed E-state index contributed by atoms with van der Waals surface area (Å²) in [6.45, 7) is 13.0. The van der Waals surface area contributed by atoms with Gasteiger partial charge in [0.2, 0.25) is 0 Å². The van der Waals surface area contributed by atoms with Gasteiger partial charge in [-0.1, -0.05) is 40.0 Å². The Bertz CT molecular complexity index is 177. The van der Waals surface area contributed by atoms with E-state index < -0.39 is 9.53 Å². The summed E-state index contributed by atoms with van der Waals surface area (Å²) in [5, 5.41) is 0. The van der Waals surface area contributed by atoms with Crippen LogP contribution in [0.1, 0.15) is 73.1 Å². The lowest BCUT2D eigenvalue weighted by Gasteiger charge is -2.34. The van der Waals surface area contributed by atoms with E-state index in [0.29, 0.717) is 18.6 Å². The van der Waals surface area contributed by atoms with Crippen LogP contribution in [0.2, 0.25) is 0 Å². The minimum atomic E-state index is -1.91. The molecule has 0 aliphatic rings. The molecule has 0 fully saturated rings. The van der Waals surface area contributed by atoms with Gasteiger partial charge in [0.1, 0.15) is 0 Å². The lowest BCUT2D eigenvalue weighted by molar-refractivity contribution is 0.0409. The number of rotatable bonds is 13. The van der Waals surface area contributed by atoms with Gasteiger partial charge in [-0.15, -0.1) is 0 Å². The summed E-state index contributed by atoms with van der Waals surface area (Å²) >= 11 is 0. The van der Waals surface area contributed by atoms with Crippen molar-refractivity contribution in [3.05, 3.63) is 0 Å². The van der Waals surface area contributed by atoms with Crippen molar-refractivity contribution >= 4 is 9.53 Å². The van der Waals surface area contributed by atoms with E-state index in [0.717, 1.165) is 6.61 Å². The van der Waals surface area contributed by atoms with E-state index >= 15 is 0 Å². The Balaban J connectivity index is 4.49. The van der Waals surface area contributed by atoms with Crippen molar-refractivity contribution < 1.29 is 13.3 Å². The zero-order chi connectivity index (χ0) is 14.6. The van der Waals surface area contributed by atoms with E-state index in [1.165, 1.54) is 38.5 Å². The van der Waals surface area contributed by atoms with Crippen LogP contribution >= 0.6 is 0 Å². The monoisotopic (exact) mass is 290 g/mol. The van der Waals surface area contributed by atoms with Gasteiger partial charge in [-0.05, 0) is 38.5 Å². The maximum atomic E-state index is 6.04. The first kappa shape index (κ1) is 19.1. The van der Waals surface area contributed by atoms with Gasteiger partial charge in [-0.25, -0.2) is 0 Å². The van der Waals surface area contributed by atoms with Crippen molar-refractivity contribution in [2.75, 3.05) is 19.8 Å². The van der Waals surface area contributed by atoms with Gasteiger partial charge >= 0.3 is 9.53 Å². The van der Waals surface area contributed by atoms with E-state index in [4.69, 9.17) is 13.3 Å². The predicted octanol–water partition coefficient (Wildman–Crippen LogP) is 4.18. The molecule has 0 spiro atoms. The van der Waals surface area contributed by atoms with Gasteiger partial charge in [0, 0.05) is 19.8 Å². The van der Waals surface area contributed by atoms with Crippen LogP contribution in [0.3, 0.4) is 0 Å².